The van der Waals surface area contributed by atoms with Crippen molar-refractivity contribution in [2.24, 2.45) is 0 Å². The number of nitrogens with zero attached hydrogens (tertiary/aromatic N) is 4. The van der Waals surface area contributed by atoms with Crippen LogP contribution >= 0.6 is 7.60 Å². The zero-order valence-electron chi connectivity index (χ0n) is 12.0. The van der Waals surface area contributed by atoms with Crippen LogP contribution < -0.4 is 5.73 Å². The lowest BCUT2D eigenvalue weighted by Gasteiger charge is -2.18. The third kappa shape index (κ3) is 4.21. The van der Waals surface area contributed by atoms with E-state index in [2.05, 4.69) is 15.0 Å². The summed E-state index contributed by atoms with van der Waals surface area (Å²) < 4.78 is 22.7. The number of aromatic nitrogens is 4. The van der Waals surface area contributed by atoms with Gasteiger partial charge in [-0.1, -0.05) is 0 Å². The van der Waals surface area contributed by atoms with E-state index < -0.39 is 13.9 Å². The van der Waals surface area contributed by atoms with Gasteiger partial charge in [0.1, 0.15) is 18.2 Å². The van der Waals surface area contributed by atoms with Gasteiger partial charge in [0.15, 0.2) is 11.5 Å². The summed E-state index contributed by atoms with van der Waals surface area (Å²) in [6.45, 7) is 0.536. The number of nitrogen functional groups attached to an aromatic ring is 1. The normalized spacial score (nSPS) is 13.6. The minimum absolute atomic E-state index is 0.152. The third-order valence-electron chi connectivity index (χ3n) is 2.99. The van der Waals surface area contributed by atoms with Crippen molar-refractivity contribution in [2.75, 3.05) is 32.4 Å². The molecule has 0 amide bonds. The Bertz CT molecular complexity index is 672. The highest BCUT2D eigenvalue weighted by Gasteiger charge is 2.18. The summed E-state index contributed by atoms with van der Waals surface area (Å²) in [7, 11) is -2.60. The van der Waals surface area contributed by atoms with Crippen molar-refractivity contribution >= 4 is 24.6 Å². The highest BCUT2D eigenvalue weighted by molar-refractivity contribution is 7.51. The zero-order chi connectivity index (χ0) is 16.2. The first-order valence-corrected chi connectivity index (χ1v) is 8.26. The van der Waals surface area contributed by atoms with Gasteiger partial charge in [0, 0.05) is 13.7 Å². The molecule has 4 N–H and O–H groups in total. The fourth-order valence-electron chi connectivity index (χ4n) is 2.04. The van der Waals surface area contributed by atoms with Crippen LogP contribution in [0.3, 0.4) is 0 Å². The molecule has 122 valence electrons. The van der Waals surface area contributed by atoms with E-state index in [4.69, 9.17) is 25.0 Å². The number of anilines is 1. The molecular weight excluding hydrogens is 313 g/mol. The van der Waals surface area contributed by atoms with Gasteiger partial charge >= 0.3 is 7.60 Å². The van der Waals surface area contributed by atoms with Crippen LogP contribution in [0.25, 0.3) is 11.2 Å². The highest BCUT2D eigenvalue weighted by Crippen LogP contribution is 2.34. The fraction of sp³-hybridized carbons (Fsp3) is 0.545. The lowest BCUT2D eigenvalue weighted by Crippen LogP contribution is -2.17. The molecule has 0 radical (unpaired) electrons. The number of nitrogens with two attached hydrogens (primary N) is 1. The summed E-state index contributed by atoms with van der Waals surface area (Å²) >= 11 is 0. The highest BCUT2D eigenvalue weighted by atomic mass is 31.2. The number of imidazole rings is 1. The minimum atomic E-state index is -4.16. The molecule has 0 aliphatic heterocycles. The average molecular weight is 331 g/mol. The Labute approximate surface area is 126 Å². The predicted octanol–water partition coefficient (Wildman–Crippen LogP) is 0.138. The molecule has 1 unspecified atom stereocenters. The van der Waals surface area contributed by atoms with E-state index >= 15 is 0 Å². The maximum atomic E-state index is 10.7. The van der Waals surface area contributed by atoms with Crippen molar-refractivity contribution in [2.45, 2.75) is 12.5 Å². The summed E-state index contributed by atoms with van der Waals surface area (Å²) in [5.41, 5.74) is 6.82. The minimum Gasteiger partial charge on any atom is -0.383 e. The smallest absolute Gasteiger partial charge is 0.350 e. The zero-order valence-corrected chi connectivity index (χ0v) is 12.9. The van der Waals surface area contributed by atoms with Crippen LogP contribution in [0.4, 0.5) is 5.82 Å². The standard InChI is InChI=1S/C11H18N5O5P/c1-20-4-8(2-3-21-7-22(17,18)19)16-6-15-9-10(12)13-5-14-11(9)16/h5-6,8H,2-4,7H2,1H3,(H2,12,13,14)(H2,17,18,19). The molecule has 0 bridgehead atoms. The molecule has 0 fully saturated rings. The van der Waals surface area contributed by atoms with Crippen molar-refractivity contribution in [3.05, 3.63) is 12.7 Å². The number of ether oxygens (including phenoxy) is 2. The van der Waals surface area contributed by atoms with Crippen LogP contribution in [0.2, 0.25) is 0 Å². The molecule has 0 saturated carbocycles. The van der Waals surface area contributed by atoms with E-state index in [0.29, 0.717) is 24.2 Å². The van der Waals surface area contributed by atoms with Crippen molar-refractivity contribution in [1.82, 2.24) is 19.5 Å². The number of methoxy groups -OCH3 is 1. The summed E-state index contributed by atoms with van der Waals surface area (Å²) in [5, 5.41) is 0. The molecule has 0 aliphatic rings. The molecule has 2 heterocycles. The van der Waals surface area contributed by atoms with Gasteiger partial charge in [-0.3, -0.25) is 4.57 Å². The quantitative estimate of drug-likeness (QED) is 0.454. The Balaban J connectivity index is 2.09. The lowest BCUT2D eigenvalue weighted by atomic mass is 10.2. The molecule has 22 heavy (non-hydrogen) atoms. The lowest BCUT2D eigenvalue weighted by molar-refractivity contribution is 0.109. The van der Waals surface area contributed by atoms with Crippen LogP contribution in [0.15, 0.2) is 12.7 Å². The number of rotatable bonds is 8. The maximum absolute atomic E-state index is 10.7. The fourth-order valence-corrected chi connectivity index (χ4v) is 2.40. The van der Waals surface area contributed by atoms with Gasteiger partial charge in [0.05, 0.1) is 19.0 Å². The largest absolute Gasteiger partial charge is 0.383 e. The van der Waals surface area contributed by atoms with Gasteiger partial charge in [0.25, 0.3) is 0 Å². The average Bonchev–Trinajstić information content (AvgIpc) is 2.86. The third-order valence-corrected chi connectivity index (χ3v) is 3.51. The Morgan fingerprint density at radius 1 is 1.41 bits per heavy atom. The van der Waals surface area contributed by atoms with E-state index in [1.807, 2.05) is 0 Å². The molecule has 0 aliphatic carbocycles. The van der Waals surface area contributed by atoms with Gasteiger partial charge in [-0.15, -0.1) is 0 Å². The van der Waals surface area contributed by atoms with Gasteiger partial charge < -0.3 is 29.6 Å². The SMILES string of the molecule is COCC(CCOCP(=O)(O)O)n1cnc2c(N)ncnc21. The molecule has 2 rings (SSSR count). The van der Waals surface area contributed by atoms with E-state index in [1.165, 1.54) is 6.33 Å². The first-order chi connectivity index (χ1) is 10.4. The van der Waals surface area contributed by atoms with Gasteiger partial charge in [-0.2, -0.15) is 0 Å². The topological polar surface area (TPSA) is 146 Å². The second-order valence-electron chi connectivity index (χ2n) is 4.68. The Kier molecular flexibility index (Phi) is 5.43. The summed E-state index contributed by atoms with van der Waals surface area (Å²) in [4.78, 5) is 29.7. The second kappa shape index (κ2) is 7.12. The molecule has 1 atom stereocenters. The molecule has 10 nitrogen and oxygen atoms in total. The Morgan fingerprint density at radius 3 is 2.86 bits per heavy atom. The van der Waals surface area contributed by atoms with Gasteiger partial charge in [0.2, 0.25) is 0 Å². The first-order valence-electron chi connectivity index (χ1n) is 6.46. The molecule has 0 saturated heterocycles. The molecule has 11 heteroatoms. The first kappa shape index (κ1) is 16.8. The van der Waals surface area contributed by atoms with Crippen molar-refractivity contribution in [3.63, 3.8) is 0 Å². The van der Waals surface area contributed by atoms with Gasteiger partial charge in [-0.25, -0.2) is 15.0 Å². The molecule has 0 spiro atoms. The van der Waals surface area contributed by atoms with E-state index in [9.17, 15) is 4.57 Å². The van der Waals surface area contributed by atoms with Crippen molar-refractivity contribution in [3.8, 4) is 0 Å². The number of hydrogen-bond acceptors (Lipinski definition) is 7. The molecule has 2 aromatic heterocycles. The van der Waals surface area contributed by atoms with Gasteiger partial charge in [-0.05, 0) is 6.42 Å². The second-order valence-corrected chi connectivity index (χ2v) is 6.27. The number of fused-ring (bicyclic) bond motifs is 1. The van der Waals surface area contributed by atoms with Crippen LogP contribution in [0.1, 0.15) is 12.5 Å². The monoisotopic (exact) mass is 331 g/mol. The summed E-state index contributed by atoms with van der Waals surface area (Å²) in [6, 6.07) is -0.152. The molecule has 0 aromatic carbocycles. The molecule has 2 aromatic rings. The maximum Gasteiger partial charge on any atom is 0.350 e. The van der Waals surface area contributed by atoms with Crippen LogP contribution in [-0.4, -0.2) is 56.0 Å². The van der Waals surface area contributed by atoms with E-state index in [-0.39, 0.29) is 18.5 Å². The van der Waals surface area contributed by atoms with Crippen LogP contribution in [0.5, 0.6) is 0 Å². The van der Waals surface area contributed by atoms with Crippen molar-refractivity contribution < 1.29 is 23.8 Å². The van der Waals surface area contributed by atoms with E-state index in [0.717, 1.165) is 0 Å². The van der Waals surface area contributed by atoms with Crippen LogP contribution in [0, 0.1) is 0 Å². The Morgan fingerprint density at radius 2 is 2.18 bits per heavy atom. The summed E-state index contributed by atoms with van der Waals surface area (Å²) in [5.74, 6) is 0.290. The molecular formula is C11H18N5O5P. The Hall–Kier alpha value is -1.58. The van der Waals surface area contributed by atoms with Crippen molar-refractivity contribution in [1.29, 1.82) is 0 Å². The van der Waals surface area contributed by atoms with E-state index in [1.54, 1.807) is 18.0 Å². The summed E-state index contributed by atoms with van der Waals surface area (Å²) in [6.07, 6.45) is 2.81. The predicted molar refractivity (Wildman–Crippen MR) is 78.1 cm³/mol. The van der Waals surface area contributed by atoms with Crippen LogP contribution in [-0.2, 0) is 14.0 Å². The number of hydrogen-bond donors (Lipinski definition) is 3.